The zero-order valence-corrected chi connectivity index (χ0v) is 15.6. The summed E-state index contributed by atoms with van der Waals surface area (Å²) in [6.45, 7) is 0.331. The van der Waals surface area contributed by atoms with E-state index in [1.165, 1.54) is 4.90 Å². The molecule has 0 spiro atoms. The number of benzene rings is 1. The molecule has 0 unspecified atom stereocenters. The Labute approximate surface area is 162 Å². The minimum absolute atomic E-state index is 0.0703. The van der Waals surface area contributed by atoms with Crippen LogP contribution in [0.15, 0.2) is 36.4 Å². The molecule has 1 saturated heterocycles. The van der Waals surface area contributed by atoms with E-state index in [1.807, 2.05) is 24.3 Å². The third kappa shape index (κ3) is 2.63. The van der Waals surface area contributed by atoms with Gasteiger partial charge in [-0.15, -0.1) is 0 Å². The van der Waals surface area contributed by atoms with E-state index in [1.54, 1.807) is 0 Å². The minimum Gasteiger partial charge on any atom is -0.354 e. The monoisotopic (exact) mass is 384 g/mol. The van der Waals surface area contributed by atoms with Crippen LogP contribution in [-0.2, 0) is 19.8 Å². The highest BCUT2D eigenvalue weighted by Gasteiger charge is 2.59. The number of fused-ring (bicyclic) bond motifs is 5. The number of likely N-dealkylation sites (tertiary alicyclic amines) is 1. The third-order valence-electron chi connectivity index (χ3n) is 6.78. The van der Waals surface area contributed by atoms with Crippen molar-refractivity contribution in [3.63, 3.8) is 0 Å². The molecule has 4 atom stereocenters. The second kappa shape index (κ2) is 5.93. The topological polar surface area (TPSA) is 66.5 Å². The van der Waals surface area contributed by atoms with Gasteiger partial charge in [-0.05, 0) is 48.8 Å². The number of amides is 3. The molecular formula is C21H21ClN2O3. The van der Waals surface area contributed by atoms with Gasteiger partial charge in [-0.2, -0.15) is 0 Å². The zero-order valence-electron chi connectivity index (χ0n) is 14.9. The van der Waals surface area contributed by atoms with E-state index in [-0.39, 0.29) is 53.4 Å². The van der Waals surface area contributed by atoms with Gasteiger partial charge in [0.15, 0.2) is 0 Å². The smallest absolute Gasteiger partial charge is 0.240 e. The summed E-state index contributed by atoms with van der Waals surface area (Å²) in [5.41, 5.74) is 1.06. The number of halogens is 1. The van der Waals surface area contributed by atoms with Crippen LogP contribution < -0.4 is 5.32 Å². The van der Waals surface area contributed by atoms with E-state index in [9.17, 15) is 14.4 Å². The van der Waals surface area contributed by atoms with E-state index < -0.39 is 0 Å². The summed E-state index contributed by atoms with van der Waals surface area (Å²) in [7, 11) is 0. The second-order valence-corrected chi connectivity index (χ2v) is 8.77. The zero-order chi connectivity index (χ0) is 18.8. The molecule has 1 heterocycles. The fourth-order valence-corrected chi connectivity index (χ4v) is 5.31. The molecule has 0 radical (unpaired) electrons. The van der Waals surface area contributed by atoms with Crippen LogP contribution in [0.25, 0.3) is 0 Å². The molecule has 2 saturated carbocycles. The Kier molecular flexibility index (Phi) is 3.73. The largest absolute Gasteiger partial charge is 0.354 e. The molecule has 3 aliphatic carbocycles. The SMILES string of the molecule is O=C(CN1C(=O)[C@H]2[C@H](C1=O)[C@H]1C=C[C@H]2C1)NCC1(c2cccc(Cl)c2)CC1. The highest BCUT2D eigenvalue weighted by atomic mass is 35.5. The number of nitrogens with zero attached hydrogens (tertiary/aromatic N) is 1. The van der Waals surface area contributed by atoms with E-state index in [2.05, 4.69) is 17.5 Å². The predicted octanol–water partition coefficient (Wildman–Crippen LogP) is 2.29. The normalized spacial score (nSPS) is 32.1. The van der Waals surface area contributed by atoms with Crippen LogP contribution in [0.1, 0.15) is 24.8 Å². The maximum absolute atomic E-state index is 12.7. The standard InChI is InChI=1S/C21H21ClN2O3/c22-15-3-1-2-14(9-15)21(6-7-21)11-23-16(25)10-24-19(26)17-12-4-5-13(8-12)18(17)20(24)27/h1-5,9,12-13,17-18H,6-8,10-11H2,(H,23,25)/t12-,13-,17+,18+/m0/s1. The van der Waals surface area contributed by atoms with Crippen LogP contribution in [0.2, 0.25) is 5.02 Å². The van der Waals surface area contributed by atoms with E-state index >= 15 is 0 Å². The lowest BCUT2D eigenvalue weighted by Gasteiger charge is -2.20. The van der Waals surface area contributed by atoms with Crippen molar-refractivity contribution in [1.29, 1.82) is 0 Å². The first kappa shape index (κ1) is 17.0. The molecule has 5 nitrogen and oxygen atoms in total. The van der Waals surface area contributed by atoms with Gasteiger partial charge in [0.2, 0.25) is 17.7 Å². The fourth-order valence-electron chi connectivity index (χ4n) is 5.12. The summed E-state index contributed by atoms with van der Waals surface area (Å²) in [5.74, 6) is -0.779. The molecular weight excluding hydrogens is 364 g/mol. The van der Waals surface area contributed by atoms with Crippen molar-refractivity contribution >= 4 is 29.3 Å². The average molecular weight is 385 g/mol. The number of imide groups is 1. The molecule has 3 fully saturated rings. The van der Waals surface area contributed by atoms with Crippen molar-refractivity contribution in [3.8, 4) is 0 Å². The summed E-state index contributed by atoms with van der Waals surface area (Å²) >= 11 is 6.09. The van der Waals surface area contributed by atoms with Crippen molar-refractivity contribution in [2.24, 2.45) is 23.7 Å². The first-order valence-electron chi connectivity index (χ1n) is 9.55. The second-order valence-electron chi connectivity index (χ2n) is 8.33. The molecule has 1 aliphatic heterocycles. The van der Waals surface area contributed by atoms with Gasteiger partial charge in [0, 0.05) is 17.0 Å². The molecule has 0 aromatic heterocycles. The summed E-state index contributed by atoms with van der Waals surface area (Å²) in [6.07, 6.45) is 7.00. The Hall–Kier alpha value is -2.14. The molecule has 27 heavy (non-hydrogen) atoms. The van der Waals surface area contributed by atoms with Crippen molar-refractivity contribution < 1.29 is 14.4 Å². The Bertz CT molecular complexity index is 846. The first-order valence-corrected chi connectivity index (χ1v) is 9.93. The highest BCUT2D eigenvalue weighted by molar-refractivity contribution is 6.30. The summed E-state index contributed by atoms with van der Waals surface area (Å²) in [6, 6.07) is 7.73. The Morgan fingerprint density at radius 3 is 2.41 bits per heavy atom. The van der Waals surface area contributed by atoms with Gasteiger partial charge in [0.1, 0.15) is 6.54 Å². The van der Waals surface area contributed by atoms with Gasteiger partial charge >= 0.3 is 0 Å². The lowest BCUT2D eigenvalue weighted by atomic mass is 9.85. The van der Waals surface area contributed by atoms with Gasteiger partial charge in [-0.25, -0.2) is 0 Å². The van der Waals surface area contributed by atoms with E-state index in [0.29, 0.717) is 11.6 Å². The molecule has 1 N–H and O–H groups in total. The number of nitrogens with one attached hydrogen (secondary N) is 1. The van der Waals surface area contributed by atoms with Crippen molar-refractivity contribution in [2.45, 2.75) is 24.7 Å². The van der Waals surface area contributed by atoms with Crippen molar-refractivity contribution in [3.05, 3.63) is 47.0 Å². The predicted molar refractivity (Wildman–Crippen MR) is 99.8 cm³/mol. The van der Waals surface area contributed by atoms with Crippen LogP contribution in [0, 0.1) is 23.7 Å². The van der Waals surface area contributed by atoms with Crippen LogP contribution in [0.5, 0.6) is 0 Å². The summed E-state index contributed by atoms with van der Waals surface area (Å²) in [5, 5.41) is 3.62. The van der Waals surface area contributed by atoms with Gasteiger partial charge in [0.25, 0.3) is 0 Å². The number of allylic oxidation sites excluding steroid dienone is 2. The van der Waals surface area contributed by atoms with E-state index in [4.69, 9.17) is 11.6 Å². The van der Waals surface area contributed by atoms with Gasteiger partial charge in [-0.3, -0.25) is 19.3 Å². The van der Waals surface area contributed by atoms with Crippen molar-refractivity contribution in [1.82, 2.24) is 10.2 Å². The van der Waals surface area contributed by atoms with Gasteiger partial charge < -0.3 is 5.32 Å². The van der Waals surface area contributed by atoms with Gasteiger partial charge in [-0.1, -0.05) is 35.9 Å². The lowest BCUT2D eigenvalue weighted by molar-refractivity contribution is -0.144. The third-order valence-corrected chi connectivity index (χ3v) is 7.01. The Morgan fingerprint density at radius 1 is 1.15 bits per heavy atom. The van der Waals surface area contributed by atoms with Crippen molar-refractivity contribution in [2.75, 3.05) is 13.1 Å². The minimum atomic E-state index is -0.273. The molecule has 2 bridgehead atoms. The quantitative estimate of drug-likeness (QED) is 0.625. The molecule has 5 rings (SSSR count). The van der Waals surface area contributed by atoms with Crippen LogP contribution in [0.3, 0.4) is 0 Å². The molecule has 1 aromatic rings. The number of carbonyl (C=O) groups excluding carboxylic acids is 3. The summed E-state index contributed by atoms with van der Waals surface area (Å²) in [4.78, 5) is 39.0. The fraction of sp³-hybridized carbons (Fsp3) is 0.476. The Balaban J connectivity index is 1.22. The lowest BCUT2D eigenvalue weighted by Crippen LogP contribution is -2.43. The van der Waals surface area contributed by atoms with E-state index in [0.717, 1.165) is 24.8 Å². The van der Waals surface area contributed by atoms with Crippen LogP contribution >= 0.6 is 11.6 Å². The molecule has 6 heteroatoms. The van der Waals surface area contributed by atoms with Crippen LogP contribution in [0.4, 0.5) is 0 Å². The maximum atomic E-state index is 12.7. The Morgan fingerprint density at radius 2 is 1.81 bits per heavy atom. The van der Waals surface area contributed by atoms with Crippen LogP contribution in [-0.4, -0.2) is 35.7 Å². The average Bonchev–Trinajstić information content (AvgIpc) is 3.06. The number of hydrogen-bond acceptors (Lipinski definition) is 3. The molecule has 4 aliphatic rings. The molecule has 1 aromatic carbocycles. The molecule has 140 valence electrons. The summed E-state index contributed by atoms with van der Waals surface area (Å²) < 4.78 is 0. The first-order chi connectivity index (χ1) is 13.0. The number of rotatable bonds is 5. The number of hydrogen-bond donors (Lipinski definition) is 1. The number of carbonyl (C=O) groups is 3. The highest BCUT2D eigenvalue weighted by Crippen LogP contribution is 2.52. The van der Waals surface area contributed by atoms with Gasteiger partial charge in [0.05, 0.1) is 11.8 Å². The maximum Gasteiger partial charge on any atom is 0.240 e. The molecule has 3 amide bonds.